The molecule has 0 amide bonds. The van der Waals surface area contributed by atoms with E-state index in [0.717, 1.165) is 19.1 Å². The number of aryl methyl sites for hydroxylation is 1. The van der Waals surface area contributed by atoms with Crippen LogP contribution < -0.4 is 0 Å². The summed E-state index contributed by atoms with van der Waals surface area (Å²) in [5.41, 5.74) is -0.368. The minimum atomic E-state index is -3.74. The first-order chi connectivity index (χ1) is 6.35. The monoisotopic (exact) mass is 202 g/mol. The maximum atomic E-state index is 13.1. The van der Waals surface area contributed by atoms with E-state index in [-0.39, 0.29) is 0 Å². The third kappa shape index (κ3) is 1.78. The number of Topliss-reactive ketones (excluding diaryl/α,β-unsaturated/α-hetero) is 1. The molecule has 1 aromatic rings. The molecule has 0 fully saturated rings. The van der Waals surface area contributed by atoms with E-state index < -0.39 is 23.1 Å². The Labute approximate surface area is 79.5 Å². The molecule has 1 nitrogen and oxygen atoms in total. The van der Waals surface area contributed by atoms with E-state index in [0.29, 0.717) is 5.56 Å². The standard InChI is InChI=1S/C10H9F3O/c1-6-3-4-9(11)8(5-6)10(12,13)7(2)14/h3-5H,1-2H3. The number of rotatable bonds is 2. The van der Waals surface area contributed by atoms with E-state index >= 15 is 0 Å². The van der Waals surface area contributed by atoms with Crippen LogP contribution in [-0.4, -0.2) is 5.78 Å². The number of halogens is 3. The lowest BCUT2D eigenvalue weighted by atomic mass is 10.0. The number of carbonyl (C=O) groups excluding carboxylic acids is 1. The number of hydrogen-bond donors (Lipinski definition) is 0. The first kappa shape index (κ1) is 10.8. The Bertz CT molecular complexity index is 372. The fourth-order valence-electron chi connectivity index (χ4n) is 1.07. The molecular formula is C10H9F3O. The smallest absolute Gasteiger partial charge is 0.293 e. The summed E-state index contributed by atoms with van der Waals surface area (Å²) in [7, 11) is 0. The summed E-state index contributed by atoms with van der Waals surface area (Å²) < 4.78 is 39.3. The fraction of sp³-hybridized carbons (Fsp3) is 0.300. The SMILES string of the molecule is CC(=O)C(F)(F)c1cc(C)ccc1F. The second-order valence-corrected chi connectivity index (χ2v) is 3.11. The maximum Gasteiger partial charge on any atom is 0.333 e. The molecule has 1 aromatic carbocycles. The molecule has 0 spiro atoms. The normalized spacial score (nSPS) is 11.5. The van der Waals surface area contributed by atoms with Gasteiger partial charge in [0.2, 0.25) is 5.78 Å². The highest BCUT2D eigenvalue weighted by atomic mass is 19.3. The van der Waals surface area contributed by atoms with Crippen LogP contribution in [0.3, 0.4) is 0 Å². The Morgan fingerprint density at radius 2 is 1.93 bits per heavy atom. The largest absolute Gasteiger partial charge is 0.333 e. The van der Waals surface area contributed by atoms with Gasteiger partial charge >= 0.3 is 5.92 Å². The predicted octanol–water partition coefficient (Wildman–Crippen LogP) is 2.81. The highest BCUT2D eigenvalue weighted by Crippen LogP contribution is 2.31. The second-order valence-electron chi connectivity index (χ2n) is 3.11. The summed E-state index contributed by atoms with van der Waals surface area (Å²) in [5.74, 6) is -6.16. The molecule has 0 heterocycles. The Morgan fingerprint density at radius 1 is 1.36 bits per heavy atom. The van der Waals surface area contributed by atoms with Crippen molar-refractivity contribution < 1.29 is 18.0 Å². The van der Waals surface area contributed by atoms with E-state index in [1.807, 2.05) is 0 Å². The summed E-state index contributed by atoms with van der Waals surface area (Å²) in [6.07, 6.45) is 0. The van der Waals surface area contributed by atoms with Crippen molar-refractivity contribution in [2.24, 2.45) is 0 Å². The zero-order chi connectivity index (χ0) is 10.9. The van der Waals surface area contributed by atoms with Crippen LogP contribution in [0, 0.1) is 12.7 Å². The molecule has 0 aromatic heterocycles. The van der Waals surface area contributed by atoms with Gasteiger partial charge in [-0.25, -0.2) is 4.39 Å². The summed E-state index contributed by atoms with van der Waals surface area (Å²) in [6, 6.07) is 3.29. The summed E-state index contributed by atoms with van der Waals surface area (Å²) in [4.78, 5) is 10.6. The number of benzene rings is 1. The highest BCUT2D eigenvalue weighted by molar-refractivity contribution is 5.84. The molecule has 76 valence electrons. The zero-order valence-corrected chi connectivity index (χ0v) is 7.77. The average molecular weight is 202 g/mol. The summed E-state index contributed by atoms with van der Waals surface area (Å²) in [5, 5.41) is 0. The van der Waals surface area contributed by atoms with Crippen molar-refractivity contribution >= 4 is 5.78 Å². The molecule has 14 heavy (non-hydrogen) atoms. The van der Waals surface area contributed by atoms with Crippen LogP contribution in [-0.2, 0) is 10.7 Å². The lowest BCUT2D eigenvalue weighted by molar-refractivity contribution is -0.142. The van der Waals surface area contributed by atoms with Crippen molar-refractivity contribution in [3.63, 3.8) is 0 Å². The zero-order valence-electron chi connectivity index (χ0n) is 7.77. The van der Waals surface area contributed by atoms with Gasteiger partial charge in [0.15, 0.2) is 0 Å². The Hall–Kier alpha value is -1.32. The van der Waals surface area contributed by atoms with Crippen molar-refractivity contribution in [3.8, 4) is 0 Å². The molecule has 0 saturated carbocycles. The first-order valence-electron chi connectivity index (χ1n) is 4.01. The number of alkyl halides is 2. The van der Waals surface area contributed by atoms with Gasteiger partial charge in [-0.1, -0.05) is 11.6 Å². The van der Waals surface area contributed by atoms with Gasteiger partial charge in [-0.3, -0.25) is 4.79 Å². The fourth-order valence-corrected chi connectivity index (χ4v) is 1.07. The van der Waals surface area contributed by atoms with E-state index in [4.69, 9.17) is 0 Å². The van der Waals surface area contributed by atoms with Crippen molar-refractivity contribution in [3.05, 3.63) is 35.1 Å². The van der Waals surface area contributed by atoms with Gasteiger partial charge in [0.05, 0.1) is 5.56 Å². The Kier molecular flexibility index (Phi) is 2.64. The van der Waals surface area contributed by atoms with Crippen LogP contribution in [0.1, 0.15) is 18.1 Å². The van der Waals surface area contributed by atoms with Crippen LogP contribution >= 0.6 is 0 Å². The van der Waals surface area contributed by atoms with Gasteiger partial charge in [0.25, 0.3) is 0 Å². The second kappa shape index (κ2) is 3.44. The predicted molar refractivity (Wildman–Crippen MR) is 45.7 cm³/mol. The molecular weight excluding hydrogens is 193 g/mol. The molecule has 0 radical (unpaired) electrons. The molecule has 0 aliphatic heterocycles. The molecule has 0 aliphatic carbocycles. The Morgan fingerprint density at radius 3 is 2.43 bits per heavy atom. The lowest BCUT2D eigenvalue weighted by Gasteiger charge is -2.14. The molecule has 0 bridgehead atoms. The molecule has 0 N–H and O–H groups in total. The molecule has 0 aliphatic rings. The van der Waals surface area contributed by atoms with Crippen molar-refractivity contribution in [2.75, 3.05) is 0 Å². The molecule has 0 unspecified atom stereocenters. The van der Waals surface area contributed by atoms with Gasteiger partial charge in [-0.05, 0) is 19.1 Å². The molecule has 4 heteroatoms. The van der Waals surface area contributed by atoms with Crippen molar-refractivity contribution in [1.29, 1.82) is 0 Å². The quantitative estimate of drug-likeness (QED) is 0.720. The summed E-state index contributed by atoms with van der Waals surface area (Å²) >= 11 is 0. The first-order valence-corrected chi connectivity index (χ1v) is 4.01. The van der Waals surface area contributed by atoms with E-state index in [2.05, 4.69) is 0 Å². The maximum absolute atomic E-state index is 13.1. The molecule has 0 saturated heterocycles. The average Bonchev–Trinajstić information content (AvgIpc) is 2.08. The van der Waals surface area contributed by atoms with Crippen LogP contribution in [0.5, 0.6) is 0 Å². The van der Waals surface area contributed by atoms with Crippen LogP contribution in [0.25, 0.3) is 0 Å². The van der Waals surface area contributed by atoms with E-state index in [1.54, 1.807) is 6.92 Å². The number of hydrogen-bond acceptors (Lipinski definition) is 1. The summed E-state index contributed by atoms with van der Waals surface area (Å²) in [6.45, 7) is 2.29. The van der Waals surface area contributed by atoms with E-state index in [9.17, 15) is 18.0 Å². The third-order valence-electron chi connectivity index (χ3n) is 1.90. The van der Waals surface area contributed by atoms with Gasteiger partial charge in [0.1, 0.15) is 5.82 Å². The van der Waals surface area contributed by atoms with Crippen LogP contribution in [0.4, 0.5) is 13.2 Å². The van der Waals surface area contributed by atoms with Crippen LogP contribution in [0.2, 0.25) is 0 Å². The third-order valence-corrected chi connectivity index (χ3v) is 1.90. The van der Waals surface area contributed by atoms with Crippen LogP contribution in [0.15, 0.2) is 18.2 Å². The van der Waals surface area contributed by atoms with Gasteiger partial charge < -0.3 is 0 Å². The Balaban J connectivity index is 3.31. The minimum Gasteiger partial charge on any atom is -0.293 e. The number of ketones is 1. The molecule has 1 rings (SSSR count). The topological polar surface area (TPSA) is 17.1 Å². The van der Waals surface area contributed by atoms with Gasteiger partial charge in [-0.2, -0.15) is 8.78 Å². The van der Waals surface area contributed by atoms with Gasteiger partial charge in [-0.15, -0.1) is 0 Å². The van der Waals surface area contributed by atoms with Crippen molar-refractivity contribution in [2.45, 2.75) is 19.8 Å². The lowest BCUT2D eigenvalue weighted by Crippen LogP contribution is -2.24. The van der Waals surface area contributed by atoms with Crippen molar-refractivity contribution in [1.82, 2.24) is 0 Å². The molecule has 0 atom stereocenters. The van der Waals surface area contributed by atoms with Gasteiger partial charge in [0, 0.05) is 6.92 Å². The number of carbonyl (C=O) groups is 1. The highest BCUT2D eigenvalue weighted by Gasteiger charge is 2.39. The minimum absolute atomic E-state index is 0.488. The van der Waals surface area contributed by atoms with E-state index in [1.165, 1.54) is 6.07 Å².